The molecule has 1 atom stereocenters. The van der Waals surface area contributed by atoms with Crippen molar-refractivity contribution in [2.45, 2.75) is 19.0 Å². The van der Waals surface area contributed by atoms with Crippen LogP contribution in [0.15, 0.2) is 54.6 Å². The first kappa shape index (κ1) is 16.6. The minimum atomic E-state index is -0.512. The first-order chi connectivity index (χ1) is 11.1. The third kappa shape index (κ3) is 4.89. The van der Waals surface area contributed by atoms with E-state index in [0.717, 1.165) is 11.1 Å². The van der Waals surface area contributed by atoms with Gasteiger partial charge in [0.15, 0.2) is 0 Å². The van der Waals surface area contributed by atoms with E-state index in [1.165, 1.54) is 19.2 Å². The van der Waals surface area contributed by atoms with Crippen molar-refractivity contribution in [3.8, 4) is 0 Å². The quantitative estimate of drug-likeness (QED) is 0.482. The van der Waals surface area contributed by atoms with Crippen LogP contribution in [-0.2, 0) is 22.5 Å². The molecule has 0 heterocycles. The minimum absolute atomic E-state index is 0.0283. The third-order valence-electron chi connectivity index (χ3n) is 3.47. The number of non-ortho nitro benzene ring substituents is 1. The molecular formula is C17H18N2O4. The number of hydrogen-bond donors (Lipinski definition) is 1. The van der Waals surface area contributed by atoms with Gasteiger partial charge in [-0.1, -0.05) is 42.5 Å². The number of carbonyl (C=O) groups excluding carboxylic acids is 1. The zero-order valence-electron chi connectivity index (χ0n) is 12.8. The van der Waals surface area contributed by atoms with Gasteiger partial charge in [-0.05, 0) is 17.5 Å². The normalized spacial score (nSPS) is 11.7. The molecular weight excluding hydrogens is 296 g/mol. The largest absolute Gasteiger partial charge is 0.468 e. The average molecular weight is 314 g/mol. The Balaban J connectivity index is 2.03. The van der Waals surface area contributed by atoms with E-state index in [2.05, 4.69) is 5.32 Å². The van der Waals surface area contributed by atoms with Crippen molar-refractivity contribution in [2.24, 2.45) is 0 Å². The molecule has 0 aliphatic rings. The number of rotatable bonds is 7. The van der Waals surface area contributed by atoms with E-state index in [0.29, 0.717) is 13.0 Å². The molecule has 1 unspecified atom stereocenters. The Morgan fingerprint density at radius 3 is 2.35 bits per heavy atom. The second-order valence-corrected chi connectivity index (χ2v) is 5.07. The number of nitrogens with one attached hydrogen (secondary N) is 1. The molecule has 6 nitrogen and oxygen atoms in total. The van der Waals surface area contributed by atoms with Crippen LogP contribution in [0.1, 0.15) is 11.1 Å². The summed E-state index contributed by atoms with van der Waals surface area (Å²) in [7, 11) is 1.34. The second-order valence-electron chi connectivity index (χ2n) is 5.07. The van der Waals surface area contributed by atoms with Gasteiger partial charge in [0.2, 0.25) is 0 Å². The summed E-state index contributed by atoms with van der Waals surface area (Å²) in [6, 6.07) is 15.4. The molecule has 0 saturated carbocycles. The SMILES string of the molecule is COC(=O)C(Cc1ccc([N+](=O)[O-])cc1)NCc1ccccc1. The van der Waals surface area contributed by atoms with Crippen LogP contribution < -0.4 is 5.32 Å². The molecule has 1 N–H and O–H groups in total. The molecule has 2 aromatic rings. The molecule has 0 aliphatic heterocycles. The molecule has 0 spiro atoms. The number of hydrogen-bond acceptors (Lipinski definition) is 5. The number of esters is 1. The highest BCUT2D eigenvalue weighted by Crippen LogP contribution is 2.14. The number of methoxy groups -OCH3 is 1. The van der Waals surface area contributed by atoms with Crippen molar-refractivity contribution in [3.05, 3.63) is 75.8 Å². The molecule has 6 heteroatoms. The maximum Gasteiger partial charge on any atom is 0.323 e. The van der Waals surface area contributed by atoms with Gasteiger partial charge >= 0.3 is 5.97 Å². The lowest BCUT2D eigenvalue weighted by atomic mass is 10.1. The molecule has 0 fully saturated rings. The molecule has 2 aromatic carbocycles. The molecule has 0 saturated heterocycles. The minimum Gasteiger partial charge on any atom is -0.468 e. The molecule has 120 valence electrons. The summed E-state index contributed by atoms with van der Waals surface area (Å²) >= 11 is 0. The average Bonchev–Trinajstić information content (AvgIpc) is 2.59. The predicted octanol–water partition coefficient (Wildman–Crippen LogP) is 2.47. The van der Waals surface area contributed by atoms with Gasteiger partial charge in [-0.3, -0.25) is 14.9 Å². The Bertz CT molecular complexity index is 656. The first-order valence-electron chi connectivity index (χ1n) is 7.18. The lowest BCUT2D eigenvalue weighted by Gasteiger charge is -2.16. The van der Waals surface area contributed by atoms with Crippen molar-refractivity contribution in [1.82, 2.24) is 5.32 Å². The molecule has 0 aromatic heterocycles. The molecule has 0 amide bonds. The monoisotopic (exact) mass is 314 g/mol. The Kier molecular flexibility index (Phi) is 5.82. The zero-order chi connectivity index (χ0) is 16.7. The highest BCUT2D eigenvalue weighted by Gasteiger charge is 2.19. The van der Waals surface area contributed by atoms with Gasteiger partial charge in [0.05, 0.1) is 12.0 Å². The highest BCUT2D eigenvalue weighted by atomic mass is 16.6. The molecule has 0 radical (unpaired) electrons. The smallest absolute Gasteiger partial charge is 0.323 e. The molecule has 23 heavy (non-hydrogen) atoms. The van der Waals surface area contributed by atoms with Crippen molar-refractivity contribution >= 4 is 11.7 Å². The number of carbonyl (C=O) groups is 1. The topological polar surface area (TPSA) is 81.5 Å². The summed E-state index contributed by atoms with van der Waals surface area (Å²) in [6.45, 7) is 0.535. The van der Waals surface area contributed by atoms with E-state index in [4.69, 9.17) is 4.74 Å². The van der Waals surface area contributed by atoms with E-state index in [9.17, 15) is 14.9 Å². The summed E-state index contributed by atoms with van der Waals surface area (Å²) in [4.78, 5) is 22.1. The van der Waals surface area contributed by atoms with Crippen molar-refractivity contribution in [1.29, 1.82) is 0 Å². The van der Waals surface area contributed by atoms with Crippen LogP contribution in [0, 0.1) is 10.1 Å². The van der Waals surface area contributed by atoms with Gasteiger partial charge in [-0.15, -0.1) is 0 Å². The highest BCUT2D eigenvalue weighted by molar-refractivity contribution is 5.76. The predicted molar refractivity (Wildman–Crippen MR) is 85.9 cm³/mol. The Labute approximate surface area is 134 Å². The van der Waals surface area contributed by atoms with E-state index >= 15 is 0 Å². The van der Waals surface area contributed by atoms with Gasteiger partial charge < -0.3 is 10.1 Å². The maximum atomic E-state index is 11.9. The van der Waals surface area contributed by atoms with Crippen LogP contribution in [0.4, 0.5) is 5.69 Å². The fourth-order valence-electron chi connectivity index (χ4n) is 2.21. The van der Waals surface area contributed by atoms with Crippen LogP contribution in [0.3, 0.4) is 0 Å². The fraction of sp³-hybridized carbons (Fsp3) is 0.235. The fourth-order valence-corrected chi connectivity index (χ4v) is 2.21. The summed E-state index contributed by atoms with van der Waals surface area (Å²) in [5, 5.41) is 13.8. The Morgan fingerprint density at radius 2 is 1.78 bits per heavy atom. The van der Waals surface area contributed by atoms with Crippen LogP contribution >= 0.6 is 0 Å². The Hall–Kier alpha value is -2.73. The summed E-state index contributed by atoms with van der Waals surface area (Å²) in [5.74, 6) is -0.362. The van der Waals surface area contributed by atoms with Crippen LogP contribution in [0.2, 0.25) is 0 Å². The third-order valence-corrected chi connectivity index (χ3v) is 3.47. The van der Waals surface area contributed by atoms with E-state index in [-0.39, 0.29) is 11.7 Å². The van der Waals surface area contributed by atoms with Crippen molar-refractivity contribution in [2.75, 3.05) is 7.11 Å². The van der Waals surface area contributed by atoms with Crippen molar-refractivity contribution in [3.63, 3.8) is 0 Å². The molecule has 0 aliphatic carbocycles. The molecule has 0 bridgehead atoms. The van der Waals surface area contributed by atoms with Gasteiger partial charge in [0, 0.05) is 18.7 Å². The molecule has 2 rings (SSSR count). The zero-order valence-corrected chi connectivity index (χ0v) is 12.8. The van der Waals surface area contributed by atoms with Gasteiger partial charge in [-0.2, -0.15) is 0 Å². The van der Waals surface area contributed by atoms with Crippen LogP contribution in [0.5, 0.6) is 0 Å². The first-order valence-corrected chi connectivity index (χ1v) is 7.18. The summed E-state index contributed by atoms with van der Waals surface area (Å²) in [5.41, 5.74) is 1.91. The number of nitro groups is 1. The number of ether oxygens (including phenoxy) is 1. The van der Waals surface area contributed by atoms with Crippen LogP contribution in [0.25, 0.3) is 0 Å². The number of benzene rings is 2. The number of nitro benzene ring substituents is 1. The standard InChI is InChI=1S/C17H18N2O4/c1-23-17(20)16(18-12-14-5-3-2-4-6-14)11-13-7-9-15(10-8-13)19(21)22/h2-10,16,18H,11-12H2,1H3. The van der Waals surface area contributed by atoms with E-state index < -0.39 is 11.0 Å². The Morgan fingerprint density at radius 1 is 1.13 bits per heavy atom. The number of nitrogens with zero attached hydrogens (tertiary/aromatic N) is 1. The second kappa shape index (κ2) is 8.05. The lowest BCUT2D eigenvalue weighted by molar-refractivity contribution is -0.384. The maximum absolute atomic E-state index is 11.9. The van der Waals surface area contributed by atoms with E-state index in [1.807, 2.05) is 30.3 Å². The lowest BCUT2D eigenvalue weighted by Crippen LogP contribution is -2.39. The van der Waals surface area contributed by atoms with E-state index in [1.54, 1.807) is 12.1 Å². The van der Waals surface area contributed by atoms with Gasteiger partial charge in [-0.25, -0.2) is 0 Å². The van der Waals surface area contributed by atoms with Gasteiger partial charge in [0.1, 0.15) is 6.04 Å². The summed E-state index contributed by atoms with van der Waals surface area (Å²) in [6.07, 6.45) is 0.400. The van der Waals surface area contributed by atoms with Crippen LogP contribution in [-0.4, -0.2) is 24.0 Å². The van der Waals surface area contributed by atoms with Gasteiger partial charge in [0.25, 0.3) is 5.69 Å². The van der Waals surface area contributed by atoms with Crippen molar-refractivity contribution < 1.29 is 14.5 Å². The summed E-state index contributed by atoms with van der Waals surface area (Å²) < 4.78 is 4.83.